The van der Waals surface area contributed by atoms with Crippen molar-refractivity contribution in [2.75, 3.05) is 27.4 Å². The summed E-state index contributed by atoms with van der Waals surface area (Å²) in [4.78, 5) is 2.39. The predicted octanol–water partition coefficient (Wildman–Crippen LogP) is 1.53. The summed E-state index contributed by atoms with van der Waals surface area (Å²) in [6, 6.07) is 0.411. The van der Waals surface area contributed by atoms with Gasteiger partial charge in [-0.1, -0.05) is 5.16 Å². The van der Waals surface area contributed by atoms with Gasteiger partial charge in [-0.3, -0.25) is 4.90 Å². The molecular weight excluding hydrogens is 232 g/mol. The van der Waals surface area contributed by atoms with Gasteiger partial charge in [0.15, 0.2) is 0 Å². The molecule has 0 amide bonds. The third kappa shape index (κ3) is 2.74. The largest absolute Gasteiger partial charge is 0.383 e. The smallest absolute Gasteiger partial charge is 0.138 e. The van der Waals surface area contributed by atoms with Gasteiger partial charge in [-0.25, -0.2) is 0 Å². The molecule has 1 aliphatic heterocycles. The summed E-state index contributed by atoms with van der Waals surface area (Å²) >= 11 is 0. The van der Waals surface area contributed by atoms with Gasteiger partial charge in [-0.15, -0.1) is 0 Å². The Morgan fingerprint density at radius 3 is 2.72 bits per heavy atom. The van der Waals surface area contributed by atoms with Crippen molar-refractivity contribution in [1.29, 1.82) is 0 Å². The van der Waals surface area contributed by atoms with Gasteiger partial charge >= 0.3 is 0 Å². The van der Waals surface area contributed by atoms with E-state index in [4.69, 9.17) is 14.0 Å². The number of aryl methyl sites for hydroxylation is 2. The van der Waals surface area contributed by atoms with Crippen molar-refractivity contribution in [3.63, 3.8) is 0 Å². The first-order valence-electron chi connectivity index (χ1n) is 6.33. The molecular formula is C13H22N2O3. The lowest BCUT2D eigenvalue weighted by atomic mass is 10.1. The summed E-state index contributed by atoms with van der Waals surface area (Å²) in [6.45, 7) is 6.48. The van der Waals surface area contributed by atoms with Crippen LogP contribution in [-0.4, -0.2) is 49.6 Å². The zero-order valence-electron chi connectivity index (χ0n) is 11.6. The molecule has 0 bridgehead atoms. The molecule has 1 fully saturated rings. The minimum Gasteiger partial charge on any atom is -0.383 e. The Morgan fingerprint density at radius 1 is 1.39 bits per heavy atom. The molecule has 0 N–H and O–H groups in total. The molecule has 0 aliphatic carbocycles. The van der Waals surface area contributed by atoms with E-state index in [-0.39, 0.29) is 0 Å². The number of rotatable bonds is 5. The van der Waals surface area contributed by atoms with Crippen LogP contribution >= 0.6 is 0 Å². The highest BCUT2D eigenvalue weighted by Crippen LogP contribution is 2.24. The number of likely N-dealkylation sites (tertiary alicyclic amines) is 1. The molecule has 2 rings (SSSR count). The lowest BCUT2D eigenvalue weighted by Gasteiger charge is -2.23. The van der Waals surface area contributed by atoms with Crippen LogP contribution in [0.25, 0.3) is 0 Å². The first kappa shape index (κ1) is 13.5. The first-order valence-corrected chi connectivity index (χ1v) is 6.33. The van der Waals surface area contributed by atoms with E-state index in [1.807, 2.05) is 13.8 Å². The van der Waals surface area contributed by atoms with Crippen molar-refractivity contribution in [2.24, 2.45) is 0 Å². The van der Waals surface area contributed by atoms with Crippen LogP contribution in [0.1, 0.15) is 23.4 Å². The molecule has 5 heteroatoms. The highest BCUT2D eigenvalue weighted by atomic mass is 16.5. The minimum absolute atomic E-state index is 0.297. The third-order valence-corrected chi connectivity index (χ3v) is 3.72. The third-order valence-electron chi connectivity index (χ3n) is 3.72. The molecule has 0 unspecified atom stereocenters. The fourth-order valence-corrected chi connectivity index (χ4v) is 2.60. The van der Waals surface area contributed by atoms with Gasteiger partial charge in [-0.05, 0) is 20.3 Å². The number of aromatic nitrogens is 1. The van der Waals surface area contributed by atoms with E-state index in [1.165, 1.54) is 5.56 Å². The lowest BCUT2D eigenvalue weighted by Crippen LogP contribution is -2.32. The SMILES string of the molecule is COC[C@@H]1C[C@H](OC)CN1Cc1c(C)noc1C. The molecule has 0 spiro atoms. The summed E-state index contributed by atoms with van der Waals surface area (Å²) in [7, 11) is 3.52. The zero-order chi connectivity index (χ0) is 13.1. The van der Waals surface area contributed by atoms with Crippen molar-refractivity contribution in [2.45, 2.75) is 39.0 Å². The quantitative estimate of drug-likeness (QED) is 0.797. The molecule has 1 saturated heterocycles. The van der Waals surface area contributed by atoms with E-state index in [2.05, 4.69) is 10.1 Å². The van der Waals surface area contributed by atoms with Gasteiger partial charge in [0.2, 0.25) is 0 Å². The van der Waals surface area contributed by atoms with E-state index in [0.29, 0.717) is 12.1 Å². The van der Waals surface area contributed by atoms with Crippen LogP contribution in [0.2, 0.25) is 0 Å². The highest BCUT2D eigenvalue weighted by Gasteiger charge is 2.32. The second kappa shape index (κ2) is 5.82. The minimum atomic E-state index is 0.297. The Morgan fingerprint density at radius 2 is 2.17 bits per heavy atom. The Labute approximate surface area is 108 Å². The monoisotopic (exact) mass is 254 g/mol. The Hall–Kier alpha value is -0.910. The molecule has 5 nitrogen and oxygen atoms in total. The van der Waals surface area contributed by atoms with Crippen LogP contribution in [-0.2, 0) is 16.0 Å². The van der Waals surface area contributed by atoms with Gasteiger partial charge in [0.1, 0.15) is 5.76 Å². The summed E-state index contributed by atoms with van der Waals surface area (Å²) in [5, 5.41) is 4.00. The molecule has 1 aromatic rings. The number of hydrogen-bond donors (Lipinski definition) is 0. The molecule has 102 valence electrons. The summed E-state index contributed by atoms with van der Waals surface area (Å²) in [6.07, 6.45) is 1.32. The van der Waals surface area contributed by atoms with Crippen molar-refractivity contribution in [3.8, 4) is 0 Å². The fourth-order valence-electron chi connectivity index (χ4n) is 2.60. The lowest BCUT2D eigenvalue weighted by molar-refractivity contribution is 0.105. The Balaban J connectivity index is 2.07. The normalized spacial score (nSPS) is 24.9. The molecule has 18 heavy (non-hydrogen) atoms. The summed E-state index contributed by atoms with van der Waals surface area (Å²) in [5.41, 5.74) is 2.16. The van der Waals surface area contributed by atoms with Crippen molar-refractivity contribution in [3.05, 3.63) is 17.0 Å². The molecule has 2 heterocycles. The Kier molecular flexibility index (Phi) is 4.37. The van der Waals surface area contributed by atoms with Gasteiger partial charge in [0.05, 0.1) is 18.4 Å². The predicted molar refractivity (Wildman–Crippen MR) is 67.5 cm³/mol. The van der Waals surface area contributed by atoms with E-state index in [1.54, 1.807) is 14.2 Å². The molecule has 0 radical (unpaired) electrons. The van der Waals surface area contributed by atoms with E-state index in [9.17, 15) is 0 Å². The molecule has 0 aromatic carbocycles. The van der Waals surface area contributed by atoms with Gasteiger partial charge in [0, 0.05) is 38.9 Å². The molecule has 2 atom stereocenters. The van der Waals surface area contributed by atoms with Crippen molar-refractivity contribution >= 4 is 0 Å². The van der Waals surface area contributed by atoms with Crippen LogP contribution in [0.3, 0.4) is 0 Å². The fraction of sp³-hybridized carbons (Fsp3) is 0.769. The maximum atomic E-state index is 5.46. The van der Waals surface area contributed by atoms with E-state index >= 15 is 0 Å². The van der Waals surface area contributed by atoms with Crippen LogP contribution in [0.5, 0.6) is 0 Å². The summed E-state index contributed by atoms with van der Waals surface area (Å²) < 4.78 is 16.0. The average Bonchev–Trinajstić information content (AvgIpc) is 2.88. The average molecular weight is 254 g/mol. The van der Waals surface area contributed by atoms with Crippen molar-refractivity contribution in [1.82, 2.24) is 10.1 Å². The Bertz CT molecular complexity index is 372. The second-order valence-corrected chi connectivity index (χ2v) is 4.93. The van der Waals surface area contributed by atoms with Crippen molar-refractivity contribution < 1.29 is 14.0 Å². The van der Waals surface area contributed by atoms with E-state index < -0.39 is 0 Å². The standard InChI is InChI=1S/C13H22N2O3/c1-9-13(10(2)18-14-9)7-15-6-12(17-4)5-11(15)8-16-3/h11-12H,5-8H2,1-4H3/t11-,12-/m0/s1. The summed E-state index contributed by atoms with van der Waals surface area (Å²) in [5.74, 6) is 0.907. The number of methoxy groups -OCH3 is 2. The second-order valence-electron chi connectivity index (χ2n) is 4.93. The highest BCUT2D eigenvalue weighted by molar-refractivity contribution is 5.21. The van der Waals surface area contributed by atoms with Gasteiger partial charge in [-0.2, -0.15) is 0 Å². The zero-order valence-corrected chi connectivity index (χ0v) is 11.6. The topological polar surface area (TPSA) is 47.7 Å². The first-order chi connectivity index (χ1) is 8.65. The van der Waals surface area contributed by atoms with Crippen LogP contribution in [0.4, 0.5) is 0 Å². The maximum Gasteiger partial charge on any atom is 0.138 e. The number of hydrogen-bond acceptors (Lipinski definition) is 5. The van der Waals surface area contributed by atoms with Crippen LogP contribution < -0.4 is 0 Å². The molecule has 1 aromatic heterocycles. The number of nitrogens with zero attached hydrogens (tertiary/aromatic N) is 2. The maximum absolute atomic E-state index is 5.46. The van der Waals surface area contributed by atoms with Gasteiger partial charge in [0.25, 0.3) is 0 Å². The van der Waals surface area contributed by atoms with Crippen LogP contribution in [0, 0.1) is 13.8 Å². The van der Waals surface area contributed by atoms with E-state index in [0.717, 1.165) is 37.6 Å². The van der Waals surface area contributed by atoms with Crippen LogP contribution in [0.15, 0.2) is 4.52 Å². The van der Waals surface area contributed by atoms with Gasteiger partial charge < -0.3 is 14.0 Å². The molecule has 0 saturated carbocycles. The number of ether oxygens (including phenoxy) is 2. The molecule has 1 aliphatic rings.